The number of carbonyl (C=O) groups excluding carboxylic acids is 1. The normalized spacial score (nSPS) is 21.6. The Hall–Kier alpha value is -1.39. The first-order chi connectivity index (χ1) is 16.2. The molecule has 3 atom stereocenters. The SMILES string of the molecule is CCOCCCC[C@@H](c1ccccc1)[C@@H]1CCCN(C(=O)C[C@H](CN)CC2CCCCC2)C1. The van der Waals surface area contributed by atoms with Crippen molar-refractivity contribution in [3.63, 3.8) is 0 Å². The van der Waals surface area contributed by atoms with Crippen molar-refractivity contribution in [1.82, 2.24) is 4.90 Å². The second kappa shape index (κ2) is 14.8. The summed E-state index contributed by atoms with van der Waals surface area (Å²) in [4.78, 5) is 15.5. The van der Waals surface area contributed by atoms with Crippen LogP contribution >= 0.6 is 0 Å². The summed E-state index contributed by atoms with van der Waals surface area (Å²) in [5, 5.41) is 0. The molecular formula is C29H48N2O2. The van der Waals surface area contributed by atoms with Crippen LogP contribution in [0, 0.1) is 17.8 Å². The molecule has 33 heavy (non-hydrogen) atoms. The molecule has 4 nitrogen and oxygen atoms in total. The van der Waals surface area contributed by atoms with Gasteiger partial charge < -0.3 is 15.4 Å². The van der Waals surface area contributed by atoms with Gasteiger partial charge in [0, 0.05) is 32.7 Å². The van der Waals surface area contributed by atoms with Crippen molar-refractivity contribution in [2.24, 2.45) is 23.5 Å². The number of amides is 1. The molecule has 1 saturated heterocycles. The zero-order chi connectivity index (χ0) is 23.3. The molecule has 0 aromatic heterocycles. The molecule has 0 radical (unpaired) electrons. The van der Waals surface area contributed by atoms with Crippen molar-refractivity contribution in [2.75, 3.05) is 32.8 Å². The molecule has 2 fully saturated rings. The number of rotatable bonds is 13. The van der Waals surface area contributed by atoms with Gasteiger partial charge >= 0.3 is 0 Å². The summed E-state index contributed by atoms with van der Waals surface area (Å²) in [7, 11) is 0. The van der Waals surface area contributed by atoms with E-state index in [2.05, 4.69) is 42.2 Å². The van der Waals surface area contributed by atoms with Gasteiger partial charge in [0.15, 0.2) is 0 Å². The molecular weight excluding hydrogens is 408 g/mol. The van der Waals surface area contributed by atoms with Gasteiger partial charge in [-0.3, -0.25) is 4.79 Å². The zero-order valence-electron chi connectivity index (χ0n) is 21.1. The molecule has 2 aliphatic rings. The maximum absolute atomic E-state index is 13.3. The van der Waals surface area contributed by atoms with E-state index in [0.717, 1.165) is 51.5 Å². The van der Waals surface area contributed by atoms with E-state index < -0.39 is 0 Å². The van der Waals surface area contributed by atoms with E-state index in [1.54, 1.807) is 0 Å². The van der Waals surface area contributed by atoms with Crippen LogP contribution in [0.4, 0.5) is 0 Å². The first-order valence-electron chi connectivity index (χ1n) is 13.8. The van der Waals surface area contributed by atoms with Crippen molar-refractivity contribution in [2.45, 2.75) is 89.9 Å². The molecule has 1 aliphatic heterocycles. The second-order valence-electron chi connectivity index (χ2n) is 10.5. The van der Waals surface area contributed by atoms with Crippen LogP contribution in [0.15, 0.2) is 30.3 Å². The largest absolute Gasteiger partial charge is 0.382 e. The molecule has 186 valence electrons. The van der Waals surface area contributed by atoms with Crippen LogP contribution in [-0.4, -0.2) is 43.7 Å². The van der Waals surface area contributed by atoms with Crippen LogP contribution in [0.25, 0.3) is 0 Å². The molecule has 1 amide bonds. The molecule has 1 aromatic rings. The van der Waals surface area contributed by atoms with Crippen LogP contribution in [-0.2, 0) is 9.53 Å². The minimum Gasteiger partial charge on any atom is -0.382 e. The number of ether oxygens (including phenoxy) is 1. The van der Waals surface area contributed by atoms with Gasteiger partial charge in [0.25, 0.3) is 0 Å². The average molecular weight is 457 g/mol. The van der Waals surface area contributed by atoms with Crippen LogP contribution in [0.1, 0.15) is 95.5 Å². The van der Waals surface area contributed by atoms with Crippen LogP contribution in [0.2, 0.25) is 0 Å². The molecule has 0 spiro atoms. The Balaban J connectivity index is 1.56. The van der Waals surface area contributed by atoms with E-state index in [-0.39, 0.29) is 0 Å². The van der Waals surface area contributed by atoms with Gasteiger partial charge in [0.1, 0.15) is 0 Å². The molecule has 1 aliphatic carbocycles. The fourth-order valence-corrected chi connectivity index (χ4v) is 6.19. The summed E-state index contributed by atoms with van der Waals surface area (Å²) in [6, 6.07) is 11.0. The van der Waals surface area contributed by atoms with Gasteiger partial charge in [-0.15, -0.1) is 0 Å². The first-order valence-corrected chi connectivity index (χ1v) is 13.8. The molecule has 3 rings (SSSR count). The fourth-order valence-electron chi connectivity index (χ4n) is 6.19. The van der Waals surface area contributed by atoms with Crippen molar-refractivity contribution in [3.05, 3.63) is 35.9 Å². The number of hydrogen-bond donors (Lipinski definition) is 1. The molecule has 1 saturated carbocycles. The summed E-state index contributed by atoms with van der Waals surface area (Å²) < 4.78 is 5.55. The lowest BCUT2D eigenvalue weighted by molar-refractivity contribution is -0.134. The molecule has 1 aromatic carbocycles. The third-order valence-corrected chi connectivity index (χ3v) is 8.05. The van der Waals surface area contributed by atoms with E-state index in [1.807, 2.05) is 0 Å². The van der Waals surface area contributed by atoms with Crippen molar-refractivity contribution < 1.29 is 9.53 Å². The number of carbonyl (C=O) groups is 1. The lowest BCUT2D eigenvalue weighted by atomic mass is 9.78. The van der Waals surface area contributed by atoms with E-state index in [9.17, 15) is 4.79 Å². The van der Waals surface area contributed by atoms with Gasteiger partial charge in [0.05, 0.1) is 0 Å². The highest BCUT2D eigenvalue weighted by Gasteiger charge is 2.31. The van der Waals surface area contributed by atoms with Crippen molar-refractivity contribution in [1.29, 1.82) is 0 Å². The number of piperidine rings is 1. The number of benzene rings is 1. The second-order valence-corrected chi connectivity index (χ2v) is 10.5. The van der Waals surface area contributed by atoms with Crippen LogP contribution < -0.4 is 5.73 Å². The zero-order valence-corrected chi connectivity index (χ0v) is 21.1. The number of nitrogens with zero attached hydrogens (tertiary/aromatic N) is 1. The summed E-state index contributed by atoms with van der Waals surface area (Å²) in [5.74, 6) is 2.55. The molecule has 0 unspecified atom stereocenters. The minimum absolute atomic E-state index is 0.342. The van der Waals surface area contributed by atoms with Crippen LogP contribution in [0.3, 0.4) is 0 Å². The Morgan fingerprint density at radius 1 is 1.09 bits per heavy atom. The Morgan fingerprint density at radius 2 is 1.88 bits per heavy atom. The summed E-state index contributed by atoms with van der Waals surface area (Å²) in [6.45, 7) is 6.18. The Kier molecular flexibility index (Phi) is 11.7. The van der Waals surface area contributed by atoms with Gasteiger partial charge in [0.2, 0.25) is 5.91 Å². The average Bonchev–Trinajstić information content (AvgIpc) is 2.87. The lowest BCUT2D eigenvalue weighted by Gasteiger charge is -2.38. The summed E-state index contributed by atoms with van der Waals surface area (Å²) >= 11 is 0. The monoisotopic (exact) mass is 456 g/mol. The minimum atomic E-state index is 0.342. The highest BCUT2D eigenvalue weighted by molar-refractivity contribution is 5.76. The highest BCUT2D eigenvalue weighted by Crippen LogP contribution is 2.36. The number of nitrogens with two attached hydrogens (primary N) is 1. The Morgan fingerprint density at radius 3 is 2.61 bits per heavy atom. The van der Waals surface area contributed by atoms with Gasteiger partial charge in [-0.05, 0) is 74.8 Å². The predicted molar refractivity (Wildman–Crippen MR) is 137 cm³/mol. The smallest absolute Gasteiger partial charge is 0.222 e. The number of unbranched alkanes of at least 4 members (excludes halogenated alkanes) is 1. The van der Waals surface area contributed by atoms with E-state index >= 15 is 0 Å². The summed E-state index contributed by atoms with van der Waals surface area (Å²) in [5.41, 5.74) is 7.56. The Labute approximate surface area is 202 Å². The first kappa shape index (κ1) is 26.2. The fraction of sp³-hybridized carbons (Fsp3) is 0.759. The number of likely N-dealkylation sites (tertiary alicyclic amines) is 1. The lowest BCUT2D eigenvalue weighted by Crippen LogP contribution is -2.42. The van der Waals surface area contributed by atoms with Crippen molar-refractivity contribution >= 4 is 5.91 Å². The molecule has 4 heteroatoms. The summed E-state index contributed by atoms with van der Waals surface area (Å²) in [6.07, 6.45) is 14.4. The molecule has 2 N–H and O–H groups in total. The van der Waals surface area contributed by atoms with Gasteiger partial charge in [-0.25, -0.2) is 0 Å². The van der Waals surface area contributed by atoms with Gasteiger partial charge in [-0.1, -0.05) is 68.9 Å². The maximum Gasteiger partial charge on any atom is 0.222 e. The number of hydrogen-bond acceptors (Lipinski definition) is 3. The molecule has 1 heterocycles. The predicted octanol–water partition coefficient (Wildman–Crippen LogP) is 6.15. The van der Waals surface area contributed by atoms with E-state index in [1.165, 1.54) is 56.9 Å². The quantitative estimate of drug-likeness (QED) is 0.362. The Bertz CT molecular complexity index is 659. The standard InChI is InChI=1S/C29H48N2O2/c1-2-33-19-10-9-17-28(26-14-7-4-8-15-26)27-16-11-18-31(23-27)29(32)21-25(22-30)20-24-12-5-3-6-13-24/h4,7-8,14-15,24-25,27-28H,2-3,5-6,9-13,16-23,30H2,1H3/t25-,27-,28+/m1/s1. The van der Waals surface area contributed by atoms with Crippen molar-refractivity contribution in [3.8, 4) is 0 Å². The van der Waals surface area contributed by atoms with Gasteiger partial charge in [-0.2, -0.15) is 0 Å². The topological polar surface area (TPSA) is 55.6 Å². The maximum atomic E-state index is 13.3. The van der Waals surface area contributed by atoms with Crippen LogP contribution in [0.5, 0.6) is 0 Å². The van der Waals surface area contributed by atoms with E-state index in [4.69, 9.17) is 10.5 Å². The third-order valence-electron chi connectivity index (χ3n) is 8.05. The third kappa shape index (κ3) is 8.72. The van der Waals surface area contributed by atoms with E-state index in [0.29, 0.717) is 36.6 Å². The highest BCUT2D eigenvalue weighted by atomic mass is 16.5. The molecule has 0 bridgehead atoms.